The summed E-state index contributed by atoms with van der Waals surface area (Å²) < 4.78 is 5.36. The summed E-state index contributed by atoms with van der Waals surface area (Å²) in [4.78, 5) is 26.5. The van der Waals surface area contributed by atoms with E-state index in [1.165, 1.54) is 6.92 Å². The third-order valence-electron chi connectivity index (χ3n) is 2.95. The number of aromatic nitrogens is 3. The zero-order valence-electron chi connectivity index (χ0n) is 13.6. The van der Waals surface area contributed by atoms with Crippen molar-refractivity contribution in [3.05, 3.63) is 5.82 Å². The largest absolute Gasteiger partial charge is 0.378 e. The maximum atomic E-state index is 11.1. The van der Waals surface area contributed by atoms with Gasteiger partial charge in [0.1, 0.15) is 0 Å². The molecule has 0 radical (unpaired) electrons. The molecular formula is C14H24N6O2. The topological polar surface area (TPSA) is 92.3 Å². The van der Waals surface area contributed by atoms with E-state index in [4.69, 9.17) is 4.74 Å². The summed E-state index contributed by atoms with van der Waals surface area (Å²) in [6.07, 6.45) is 0. The Hall–Kier alpha value is -1.96. The summed E-state index contributed by atoms with van der Waals surface area (Å²) in [5, 5.41) is 5.98. The van der Waals surface area contributed by atoms with Gasteiger partial charge in [0.2, 0.25) is 17.8 Å². The van der Waals surface area contributed by atoms with Gasteiger partial charge in [-0.05, 0) is 20.8 Å². The lowest BCUT2D eigenvalue weighted by atomic mass is 10.1. The van der Waals surface area contributed by atoms with Crippen LogP contribution in [0.2, 0.25) is 0 Å². The van der Waals surface area contributed by atoms with Crippen LogP contribution in [0, 0.1) is 0 Å². The lowest BCUT2D eigenvalue weighted by Crippen LogP contribution is -2.38. The number of nitrogens with one attached hydrogen (secondary N) is 2. The Kier molecular flexibility index (Phi) is 5.12. The molecule has 122 valence electrons. The molecule has 0 saturated carbocycles. The minimum atomic E-state index is -0.158. The molecule has 2 heterocycles. The number of anilines is 2. The molecule has 1 amide bonds. The average molecular weight is 308 g/mol. The van der Waals surface area contributed by atoms with Gasteiger partial charge in [0, 0.05) is 25.6 Å². The van der Waals surface area contributed by atoms with E-state index < -0.39 is 0 Å². The van der Waals surface area contributed by atoms with Gasteiger partial charge in [-0.15, -0.1) is 0 Å². The first-order valence-electron chi connectivity index (χ1n) is 7.44. The van der Waals surface area contributed by atoms with Crippen LogP contribution in [0.15, 0.2) is 0 Å². The van der Waals surface area contributed by atoms with E-state index in [-0.39, 0.29) is 18.0 Å². The highest BCUT2D eigenvalue weighted by molar-refractivity contribution is 5.72. The second kappa shape index (κ2) is 6.87. The molecule has 1 fully saturated rings. The van der Waals surface area contributed by atoms with Gasteiger partial charge in [0.25, 0.3) is 0 Å². The standard InChI is InChI=1S/C14H24N6O2/c1-10(21)15-9-11-16-12(19-14(2,3)4)18-13(17-11)20-5-7-22-8-6-20/h5-9H2,1-4H3,(H,15,21)(H,16,17,18,19). The fourth-order valence-electron chi connectivity index (χ4n) is 1.99. The number of nitrogens with zero attached hydrogens (tertiary/aromatic N) is 4. The average Bonchev–Trinajstić information content (AvgIpc) is 2.44. The summed E-state index contributed by atoms with van der Waals surface area (Å²) in [7, 11) is 0. The summed E-state index contributed by atoms with van der Waals surface area (Å²) in [6.45, 7) is 10.7. The number of hydrogen-bond donors (Lipinski definition) is 2. The van der Waals surface area contributed by atoms with Crippen LogP contribution in [0.3, 0.4) is 0 Å². The molecule has 0 atom stereocenters. The summed E-state index contributed by atoms with van der Waals surface area (Å²) in [5.74, 6) is 1.56. The van der Waals surface area contributed by atoms with Crippen molar-refractivity contribution in [2.75, 3.05) is 36.5 Å². The van der Waals surface area contributed by atoms with E-state index >= 15 is 0 Å². The highest BCUT2D eigenvalue weighted by atomic mass is 16.5. The van der Waals surface area contributed by atoms with Gasteiger partial charge in [0.15, 0.2) is 5.82 Å². The summed E-state index contributed by atoms with van der Waals surface area (Å²) in [5.41, 5.74) is -0.158. The predicted molar refractivity (Wildman–Crippen MR) is 83.8 cm³/mol. The molecule has 0 spiro atoms. The first-order valence-corrected chi connectivity index (χ1v) is 7.44. The molecule has 0 aromatic carbocycles. The number of rotatable bonds is 4. The van der Waals surface area contributed by atoms with E-state index in [9.17, 15) is 4.79 Å². The highest BCUT2D eigenvalue weighted by Crippen LogP contribution is 2.15. The second-order valence-corrected chi connectivity index (χ2v) is 6.26. The summed E-state index contributed by atoms with van der Waals surface area (Å²) >= 11 is 0. The molecular weight excluding hydrogens is 284 g/mol. The van der Waals surface area contributed by atoms with Crippen molar-refractivity contribution in [2.24, 2.45) is 0 Å². The van der Waals surface area contributed by atoms with Crippen LogP contribution in [-0.4, -0.2) is 52.7 Å². The Balaban J connectivity index is 2.24. The van der Waals surface area contributed by atoms with Gasteiger partial charge >= 0.3 is 0 Å². The number of hydrogen-bond acceptors (Lipinski definition) is 7. The van der Waals surface area contributed by atoms with E-state index in [1.54, 1.807) is 0 Å². The molecule has 1 aromatic heterocycles. The third-order valence-corrected chi connectivity index (χ3v) is 2.95. The summed E-state index contributed by atoms with van der Waals surface area (Å²) in [6, 6.07) is 0. The van der Waals surface area contributed by atoms with Crippen LogP contribution in [-0.2, 0) is 16.1 Å². The van der Waals surface area contributed by atoms with Gasteiger partial charge in [-0.25, -0.2) is 0 Å². The zero-order chi connectivity index (χ0) is 16.2. The number of amides is 1. The Morgan fingerprint density at radius 2 is 1.91 bits per heavy atom. The van der Waals surface area contributed by atoms with Crippen molar-refractivity contribution >= 4 is 17.8 Å². The second-order valence-electron chi connectivity index (χ2n) is 6.26. The molecule has 0 aliphatic carbocycles. The van der Waals surface area contributed by atoms with E-state index in [0.29, 0.717) is 30.9 Å². The van der Waals surface area contributed by atoms with Crippen LogP contribution < -0.4 is 15.5 Å². The van der Waals surface area contributed by atoms with Crippen LogP contribution in [0.4, 0.5) is 11.9 Å². The molecule has 0 unspecified atom stereocenters. The number of carbonyl (C=O) groups excluding carboxylic acids is 1. The Labute approximate surface area is 130 Å². The van der Waals surface area contributed by atoms with Crippen molar-refractivity contribution in [1.29, 1.82) is 0 Å². The first-order chi connectivity index (χ1) is 10.3. The normalized spacial score (nSPS) is 15.5. The van der Waals surface area contributed by atoms with Crippen LogP contribution >= 0.6 is 0 Å². The number of ether oxygens (including phenoxy) is 1. The molecule has 0 bridgehead atoms. The Bertz CT molecular complexity index is 523. The van der Waals surface area contributed by atoms with Crippen LogP contribution in [0.5, 0.6) is 0 Å². The fraction of sp³-hybridized carbons (Fsp3) is 0.714. The van der Waals surface area contributed by atoms with Crippen molar-refractivity contribution in [2.45, 2.75) is 39.8 Å². The molecule has 1 aliphatic rings. The van der Waals surface area contributed by atoms with E-state index in [1.807, 2.05) is 20.8 Å². The maximum absolute atomic E-state index is 11.1. The molecule has 8 nitrogen and oxygen atoms in total. The smallest absolute Gasteiger partial charge is 0.230 e. The first kappa shape index (κ1) is 16.4. The third kappa shape index (κ3) is 5.10. The van der Waals surface area contributed by atoms with Gasteiger partial charge in [-0.2, -0.15) is 15.0 Å². The van der Waals surface area contributed by atoms with E-state index in [2.05, 4.69) is 30.5 Å². The SMILES string of the molecule is CC(=O)NCc1nc(NC(C)(C)C)nc(N2CCOCC2)n1. The van der Waals surface area contributed by atoms with Crippen molar-refractivity contribution in [3.63, 3.8) is 0 Å². The molecule has 22 heavy (non-hydrogen) atoms. The molecule has 2 N–H and O–H groups in total. The van der Waals surface area contributed by atoms with E-state index in [0.717, 1.165) is 13.1 Å². The zero-order valence-corrected chi connectivity index (χ0v) is 13.6. The Morgan fingerprint density at radius 1 is 1.23 bits per heavy atom. The molecule has 2 rings (SSSR count). The maximum Gasteiger partial charge on any atom is 0.230 e. The van der Waals surface area contributed by atoms with Gasteiger partial charge < -0.3 is 20.3 Å². The highest BCUT2D eigenvalue weighted by Gasteiger charge is 2.18. The fourth-order valence-corrected chi connectivity index (χ4v) is 1.99. The van der Waals surface area contributed by atoms with Crippen LogP contribution in [0.25, 0.3) is 0 Å². The molecule has 1 aliphatic heterocycles. The lowest BCUT2D eigenvalue weighted by molar-refractivity contribution is -0.119. The van der Waals surface area contributed by atoms with Crippen LogP contribution in [0.1, 0.15) is 33.5 Å². The molecule has 8 heteroatoms. The van der Waals surface area contributed by atoms with Gasteiger partial charge in [-0.1, -0.05) is 0 Å². The molecule has 1 aromatic rings. The minimum absolute atomic E-state index is 0.112. The monoisotopic (exact) mass is 308 g/mol. The van der Waals surface area contributed by atoms with Gasteiger partial charge in [0.05, 0.1) is 19.8 Å². The molecule has 1 saturated heterocycles. The lowest BCUT2D eigenvalue weighted by Gasteiger charge is -2.28. The Morgan fingerprint density at radius 3 is 2.50 bits per heavy atom. The van der Waals surface area contributed by atoms with Gasteiger partial charge in [-0.3, -0.25) is 4.79 Å². The minimum Gasteiger partial charge on any atom is -0.378 e. The quantitative estimate of drug-likeness (QED) is 0.839. The number of carbonyl (C=O) groups is 1. The van der Waals surface area contributed by atoms with Crippen molar-refractivity contribution < 1.29 is 9.53 Å². The predicted octanol–water partition coefficient (Wildman–Crippen LogP) is 0.555. The number of morpholine rings is 1. The van der Waals surface area contributed by atoms with Crippen molar-refractivity contribution in [3.8, 4) is 0 Å². The van der Waals surface area contributed by atoms with Crippen molar-refractivity contribution in [1.82, 2.24) is 20.3 Å².